The third-order valence-electron chi connectivity index (χ3n) is 2.62. The lowest BCUT2D eigenvalue weighted by atomic mass is 10.2. The quantitative estimate of drug-likeness (QED) is 0.866. The number of pyridine rings is 2. The maximum atomic E-state index is 12.1. The molecule has 0 bridgehead atoms. The number of nitrogens with one attached hydrogen (secondary N) is 1. The van der Waals surface area contributed by atoms with Gasteiger partial charge in [0.2, 0.25) is 5.88 Å². The van der Waals surface area contributed by atoms with Crippen molar-refractivity contribution < 1.29 is 32.6 Å². The van der Waals surface area contributed by atoms with Gasteiger partial charge in [0.05, 0.1) is 5.56 Å². The van der Waals surface area contributed by atoms with Gasteiger partial charge in [-0.25, -0.2) is 14.8 Å². The SMILES string of the molecule is O=C(Nc1ccnc(OCC(F)(F)F)c1)c1ccc(C(=O)O)nc1. The monoisotopic (exact) mass is 341 g/mol. The molecule has 2 aromatic rings. The third kappa shape index (κ3) is 4.93. The van der Waals surface area contributed by atoms with Crippen molar-refractivity contribution in [3.05, 3.63) is 47.9 Å². The second kappa shape index (κ2) is 6.94. The molecule has 0 aromatic carbocycles. The first-order valence-corrected chi connectivity index (χ1v) is 6.41. The molecule has 7 nitrogen and oxygen atoms in total. The standard InChI is InChI=1S/C14H10F3N3O4/c15-14(16,17)7-24-11-5-9(3-4-18-11)20-12(21)8-1-2-10(13(22)23)19-6-8/h1-6H,7H2,(H,22,23)(H,18,20,21). The van der Waals surface area contributed by atoms with Gasteiger partial charge >= 0.3 is 12.1 Å². The second-order valence-corrected chi connectivity index (χ2v) is 4.48. The van der Waals surface area contributed by atoms with E-state index in [1.807, 2.05) is 0 Å². The number of aromatic nitrogens is 2. The first-order valence-electron chi connectivity index (χ1n) is 6.41. The summed E-state index contributed by atoms with van der Waals surface area (Å²) in [5.74, 6) is -2.15. The molecule has 0 saturated carbocycles. The van der Waals surface area contributed by atoms with Crippen LogP contribution in [0.25, 0.3) is 0 Å². The maximum absolute atomic E-state index is 12.1. The fourth-order valence-electron chi connectivity index (χ4n) is 1.58. The van der Waals surface area contributed by atoms with Crippen molar-refractivity contribution in [2.24, 2.45) is 0 Å². The van der Waals surface area contributed by atoms with Crippen LogP contribution in [0, 0.1) is 0 Å². The van der Waals surface area contributed by atoms with Gasteiger partial charge in [-0.15, -0.1) is 0 Å². The van der Waals surface area contributed by atoms with E-state index in [-0.39, 0.29) is 22.8 Å². The fourth-order valence-corrected chi connectivity index (χ4v) is 1.58. The molecule has 0 saturated heterocycles. The smallest absolute Gasteiger partial charge is 0.422 e. The highest BCUT2D eigenvalue weighted by Crippen LogP contribution is 2.19. The number of hydrogen-bond donors (Lipinski definition) is 2. The van der Waals surface area contributed by atoms with Crippen LogP contribution in [-0.2, 0) is 0 Å². The highest BCUT2D eigenvalue weighted by Gasteiger charge is 2.28. The molecule has 10 heteroatoms. The van der Waals surface area contributed by atoms with Crippen molar-refractivity contribution >= 4 is 17.6 Å². The highest BCUT2D eigenvalue weighted by atomic mass is 19.4. The van der Waals surface area contributed by atoms with Gasteiger partial charge in [-0.2, -0.15) is 13.2 Å². The number of nitrogens with zero attached hydrogens (tertiary/aromatic N) is 2. The van der Waals surface area contributed by atoms with Crippen molar-refractivity contribution in [2.75, 3.05) is 11.9 Å². The molecule has 2 rings (SSSR count). The lowest BCUT2D eigenvalue weighted by Gasteiger charge is -2.10. The number of carboxylic acids is 1. The van der Waals surface area contributed by atoms with Gasteiger partial charge in [0.25, 0.3) is 5.91 Å². The zero-order valence-corrected chi connectivity index (χ0v) is 11.9. The predicted molar refractivity (Wildman–Crippen MR) is 74.9 cm³/mol. The summed E-state index contributed by atoms with van der Waals surface area (Å²) in [6.45, 7) is -1.50. The summed E-state index contributed by atoms with van der Waals surface area (Å²) < 4.78 is 40.7. The molecule has 0 spiro atoms. The van der Waals surface area contributed by atoms with Crippen molar-refractivity contribution in [2.45, 2.75) is 6.18 Å². The Balaban J connectivity index is 2.04. The first-order chi connectivity index (χ1) is 11.2. The summed E-state index contributed by atoms with van der Waals surface area (Å²) in [5, 5.41) is 11.1. The van der Waals surface area contributed by atoms with Crippen LogP contribution in [0.5, 0.6) is 5.88 Å². The van der Waals surface area contributed by atoms with E-state index in [2.05, 4.69) is 20.0 Å². The Morgan fingerprint density at radius 2 is 1.96 bits per heavy atom. The van der Waals surface area contributed by atoms with Crippen molar-refractivity contribution in [3.8, 4) is 5.88 Å². The highest BCUT2D eigenvalue weighted by molar-refractivity contribution is 6.04. The molecule has 0 aliphatic heterocycles. The zero-order valence-electron chi connectivity index (χ0n) is 11.9. The lowest BCUT2D eigenvalue weighted by molar-refractivity contribution is -0.154. The molecule has 0 aliphatic rings. The topological polar surface area (TPSA) is 101 Å². The van der Waals surface area contributed by atoms with Gasteiger partial charge < -0.3 is 15.2 Å². The van der Waals surface area contributed by atoms with Crippen LogP contribution in [0.4, 0.5) is 18.9 Å². The molecule has 0 unspecified atom stereocenters. The number of rotatable bonds is 5. The number of carbonyl (C=O) groups excluding carboxylic acids is 1. The Kier molecular flexibility index (Phi) is 4.97. The second-order valence-electron chi connectivity index (χ2n) is 4.48. The van der Waals surface area contributed by atoms with Crippen molar-refractivity contribution in [3.63, 3.8) is 0 Å². The molecule has 2 N–H and O–H groups in total. The molecule has 0 atom stereocenters. The van der Waals surface area contributed by atoms with E-state index in [1.54, 1.807) is 0 Å². The summed E-state index contributed by atoms with van der Waals surface area (Å²) in [4.78, 5) is 29.9. The van der Waals surface area contributed by atoms with Crippen molar-refractivity contribution in [1.29, 1.82) is 0 Å². The summed E-state index contributed by atoms with van der Waals surface area (Å²) in [6.07, 6.45) is -2.26. The Morgan fingerprint density at radius 3 is 2.54 bits per heavy atom. The average molecular weight is 341 g/mol. The fraction of sp³-hybridized carbons (Fsp3) is 0.143. The molecule has 24 heavy (non-hydrogen) atoms. The largest absolute Gasteiger partial charge is 0.477 e. The minimum Gasteiger partial charge on any atom is -0.477 e. The lowest BCUT2D eigenvalue weighted by Crippen LogP contribution is -2.19. The number of anilines is 1. The number of aromatic carboxylic acids is 1. The van der Waals surface area contributed by atoms with Crippen LogP contribution in [0.15, 0.2) is 36.7 Å². The molecule has 0 aliphatic carbocycles. The first kappa shape index (κ1) is 17.2. The van der Waals surface area contributed by atoms with E-state index >= 15 is 0 Å². The van der Waals surface area contributed by atoms with E-state index in [4.69, 9.17) is 5.11 Å². The van der Waals surface area contributed by atoms with Crippen LogP contribution >= 0.6 is 0 Å². The van der Waals surface area contributed by atoms with Gasteiger partial charge in [0.1, 0.15) is 5.69 Å². The zero-order chi connectivity index (χ0) is 17.7. The Hall–Kier alpha value is -3.17. The molecular formula is C14H10F3N3O4. The average Bonchev–Trinajstić information content (AvgIpc) is 2.53. The van der Waals surface area contributed by atoms with Crippen LogP contribution in [-0.4, -0.2) is 39.7 Å². The predicted octanol–water partition coefficient (Wildman–Crippen LogP) is 2.37. The molecule has 0 radical (unpaired) electrons. The molecule has 126 valence electrons. The third-order valence-corrected chi connectivity index (χ3v) is 2.62. The maximum Gasteiger partial charge on any atom is 0.422 e. The van der Waals surface area contributed by atoms with Crippen LogP contribution in [0.3, 0.4) is 0 Å². The van der Waals surface area contributed by atoms with E-state index in [0.717, 1.165) is 18.3 Å². The van der Waals surface area contributed by atoms with Gasteiger partial charge in [-0.3, -0.25) is 4.79 Å². The van der Waals surface area contributed by atoms with Crippen LogP contribution in [0.1, 0.15) is 20.8 Å². The van der Waals surface area contributed by atoms with E-state index in [1.165, 1.54) is 18.3 Å². The number of carbonyl (C=O) groups is 2. The minimum atomic E-state index is -4.50. The number of amides is 1. The van der Waals surface area contributed by atoms with E-state index in [9.17, 15) is 22.8 Å². The molecule has 2 aromatic heterocycles. The van der Waals surface area contributed by atoms with Crippen LogP contribution < -0.4 is 10.1 Å². The minimum absolute atomic E-state index is 0.0783. The Morgan fingerprint density at radius 1 is 1.21 bits per heavy atom. The van der Waals surface area contributed by atoms with Crippen LogP contribution in [0.2, 0.25) is 0 Å². The number of alkyl halides is 3. The normalized spacial score (nSPS) is 11.0. The van der Waals surface area contributed by atoms with Gasteiger partial charge in [0.15, 0.2) is 6.61 Å². The van der Waals surface area contributed by atoms with Crippen molar-refractivity contribution in [1.82, 2.24) is 9.97 Å². The summed E-state index contributed by atoms with van der Waals surface area (Å²) in [5.41, 5.74) is 0.0161. The number of hydrogen-bond acceptors (Lipinski definition) is 5. The van der Waals surface area contributed by atoms with Gasteiger partial charge in [-0.1, -0.05) is 0 Å². The summed E-state index contributed by atoms with van der Waals surface area (Å²) >= 11 is 0. The number of halogens is 3. The number of ether oxygens (including phenoxy) is 1. The molecule has 2 heterocycles. The number of carboxylic acid groups (broad SMARTS) is 1. The van der Waals surface area contributed by atoms with Gasteiger partial charge in [-0.05, 0) is 18.2 Å². The van der Waals surface area contributed by atoms with Gasteiger partial charge in [0, 0.05) is 24.1 Å². The summed E-state index contributed by atoms with van der Waals surface area (Å²) in [7, 11) is 0. The summed E-state index contributed by atoms with van der Waals surface area (Å²) in [6, 6.07) is 4.90. The molecule has 0 fully saturated rings. The molecule has 1 amide bonds. The van der Waals surface area contributed by atoms with E-state index < -0.39 is 24.7 Å². The van der Waals surface area contributed by atoms with E-state index in [0.29, 0.717) is 0 Å². The Labute approximate surface area is 133 Å². The Bertz CT molecular complexity index is 748. The molecular weight excluding hydrogens is 331 g/mol.